The molecule has 2 rings (SSSR count). The Morgan fingerprint density at radius 2 is 1.31 bits per heavy atom. The minimum Gasteiger partial charge on any atom is -0.490 e. The monoisotopic (exact) mass is 778 g/mol. The summed E-state index contributed by atoms with van der Waals surface area (Å²) in [5, 5.41) is 0.823. The molecule has 0 saturated carbocycles. The van der Waals surface area contributed by atoms with Gasteiger partial charge < -0.3 is 9.47 Å². The summed E-state index contributed by atoms with van der Waals surface area (Å²) < 4.78 is 15.3. The van der Waals surface area contributed by atoms with Crippen LogP contribution in [0.3, 0.4) is 0 Å². The Morgan fingerprint density at radius 3 is 1.69 bits per heavy atom. The first-order valence-electron chi connectivity index (χ1n) is 8.67. The highest BCUT2D eigenvalue weighted by atomic mass is 79.9. The molecule has 2 aromatic rings. The fourth-order valence-corrected chi connectivity index (χ4v) is 5.79. The van der Waals surface area contributed by atoms with Crippen LogP contribution >= 0.6 is 95.6 Å². The minimum atomic E-state index is -0.251. The van der Waals surface area contributed by atoms with E-state index in [0.29, 0.717) is 13.2 Å². The summed E-state index contributed by atoms with van der Waals surface area (Å²) in [5.41, 5.74) is 2.05. The van der Waals surface area contributed by atoms with Crippen molar-refractivity contribution < 1.29 is 9.47 Å². The first-order chi connectivity index (χ1) is 13.6. The van der Waals surface area contributed by atoms with E-state index in [4.69, 9.17) is 9.47 Å². The normalized spacial score (nSPS) is 12.6. The summed E-state index contributed by atoms with van der Waals surface area (Å²) >= 11 is 21.6. The van der Waals surface area contributed by atoms with Crippen LogP contribution < -0.4 is 9.47 Å². The fraction of sp³-hybridized carbons (Fsp3) is 0.333. The Balaban J connectivity index is 2.39. The van der Waals surface area contributed by atoms with Gasteiger partial charge in [0.05, 0.1) is 22.7 Å². The lowest BCUT2D eigenvalue weighted by Crippen LogP contribution is -2.20. The Kier molecular flexibility index (Phi) is 10.3. The van der Waals surface area contributed by atoms with E-state index in [1.54, 1.807) is 6.08 Å². The molecule has 1 atom stereocenters. The molecule has 0 heterocycles. The average Bonchev–Trinajstić information content (AvgIpc) is 2.66. The van der Waals surface area contributed by atoms with Crippen LogP contribution in [0.5, 0.6) is 11.5 Å². The van der Waals surface area contributed by atoms with Gasteiger partial charge in [0.1, 0.15) is 24.7 Å². The van der Waals surface area contributed by atoms with Gasteiger partial charge in [-0.2, -0.15) is 0 Å². The predicted molar refractivity (Wildman–Crippen MR) is 144 cm³/mol. The maximum absolute atomic E-state index is 5.97. The quantitative estimate of drug-likeness (QED) is 0.187. The van der Waals surface area contributed by atoms with Gasteiger partial charge in [-0.05, 0) is 99.1 Å². The van der Waals surface area contributed by atoms with Gasteiger partial charge in [0, 0.05) is 10.7 Å². The predicted octanol–water partition coefficient (Wildman–Crippen LogP) is 9.16. The van der Waals surface area contributed by atoms with Gasteiger partial charge in [-0.15, -0.1) is 0 Å². The van der Waals surface area contributed by atoms with Gasteiger partial charge in [0.2, 0.25) is 0 Å². The van der Waals surface area contributed by atoms with Crippen molar-refractivity contribution in [3.05, 3.63) is 65.9 Å². The number of halogens is 6. The maximum atomic E-state index is 5.97. The molecule has 0 saturated heterocycles. The highest BCUT2D eigenvalue weighted by Gasteiger charge is 2.27. The van der Waals surface area contributed by atoms with E-state index in [9.17, 15) is 0 Å². The van der Waals surface area contributed by atoms with Crippen molar-refractivity contribution in [2.24, 2.45) is 0 Å². The van der Waals surface area contributed by atoms with Gasteiger partial charge >= 0.3 is 0 Å². The molecule has 0 fully saturated rings. The van der Waals surface area contributed by atoms with Crippen LogP contribution in [-0.4, -0.2) is 23.4 Å². The largest absolute Gasteiger partial charge is 0.490 e. The summed E-state index contributed by atoms with van der Waals surface area (Å²) in [5.74, 6) is 1.57. The van der Waals surface area contributed by atoms with Crippen molar-refractivity contribution in [3.63, 3.8) is 0 Å². The molecule has 158 valence electrons. The van der Waals surface area contributed by atoms with Crippen molar-refractivity contribution in [1.82, 2.24) is 0 Å². The van der Waals surface area contributed by atoms with Crippen LogP contribution in [0, 0.1) is 0 Å². The average molecular weight is 784 g/mol. The summed E-state index contributed by atoms with van der Waals surface area (Å²) in [6.07, 6.45) is 1.73. The second kappa shape index (κ2) is 11.5. The van der Waals surface area contributed by atoms with Crippen LogP contribution in [0.2, 0.25) is 0 Å². The number of ether oxygens (including phenoxy) is 2. The highest BCUT2D eigenvalue weighted by Crippen LogP contribution is 2.44. The first kappa shape index (κ1) is 25.9. The standard InChI is InChI=1S/C21H20Br6O2/c1-4-5-28-19-15(24)6-12(7-16(19)25)21(2,3)13-8-17(26)20(18(27)9-13)29-11-14(23)10-22/h4,6-9,14H,1,5,10-11H2,2-3H3. The van der Waals surface area contributed by atoms with E-state index in [-0.39, 0.29) is 10.2 Å². The van der Waals surface area contributed by atoms with Crippen LogP contribution in [-0.2, 0) is 5.41 Å². The maximum Gasteiger partial charge on any atom is 0.148 e. The second-order valence-corrected chi connectivity index (χ2v) is 12.2. The number of hydrogen-bond acceptors (Lipinski definition) is 2. The zero-order valence-electron chi connectivity index (χ0n) is 15.9. The Bertz CT molecular complexity index is 835. The molecule has 0 aromatic heterocycles. The number of rotatable bonds is 9. The molecule has 0 amide bonds. The lowest BCUT2D eigenvalue weighted by atomic mass is 9.78. The van der Waals surface area contributed by atoms with Gasteiger partial charge in [-0.25, -0.2) is 0 Å². The van der Waals surface area contributed by atoms with E-state index in [1.165, 1.54) is 0 Å². The van der Waals surface area contributed by atoms with E-state index in [0.717, 1.165) is 45.8 Å². The summed E-state index contributed by atoms with van der Waals surface area (Å²) in [7, 11) is 0. The van der Waals surface area contributed by atoms with E-state index in [1.807, 2.05) is 0 Å². The molecule has 29 heavy (non-hydrogen) atoms. The van der Waals surface area contributed by atoms with E-state index in [2.05, 4.69) is 140 Å². The molecule has 8 heteroatoms. The smallest absolute Gasteiger partial charge is 0.148 e. The van der Waals surface area contributed by atoms with Crippen molar-refractivity contribution in [1.29, 1.82) is 0 Å². The third-order valence-corrected chi connectivity index (χ3v) is 8.96. The molecule has 0 radical (unpaired) electrons. The molecule has 0 aliphatic rings. The van der Waals surface area contributed by atoms with Gasteiger partial charge in [-0.3, -0.25) is 0 Å². The fourth-order valence-electron chi connectivity index (χ4n) is 2.64. The first-order valence-corrected chi connectivity index (χ1v) is 13.9. The van der Waals surface area contributed by atoms with Gasteiger partial charge in [-0.1, -0.05) is 58.4 Å². The molecule has 1 unspecified atom stereocenters. The van der Waals surface area contributed by atoms with Crippen molar-refractivity contribution >= 4 is 95.6 Å². The molecule has 2 aromatic carbocycles. The van der Waals surface area contributed by atoms with Crippen molar-refractivity contribution in [2.75, 3.05) is 18.5 Å². The number of hydrogen-bond donors (Lipinski definition) is 0. The summed E-state index contributed by atoms with van der Waals surface area (Å²) in [6, 6.07) is 8.42. The summed E-state index contributed by atoms with van der Waals surface area (Å²) in [6.45, 7) is 9.11. The topological polar surface area (TPSA) is 18.5 Å². The van der Waals surface area contributed by atoms with Crippen molar-refractivity contribution in [2.45, 2.75) is 24.1 Å². The minimum absolute atomic E-state index is 0.244. The molecule has 0 aliphatic carbocycles. The second-order valence-electron chi connectivity index (χ2n) is 6.83. The van der Waals surface area contributed by atoms with Gasteiger partial charge in [0.25, 0.3) is 0 Å². The molecule has 0 N–H and O–H groups in total. The molecule has 0 spiro atoms. The van der Waals surface area contributed by atoms with Crippen LogP contribution in [0.15, 0.2) is 54.8 Å². The van der Waals surface area contributed by atoms with E-state index < -0.39 is 0 Å². The molecule has 0 aliphatic heterocycles. The third kappa shape index (κ3) is 6.58. The molecule has 2 nitrogen and oxygen atoms in total. The molecule has 0 bridgehead atoms. The summed E-state index contributed by atoms with van der Waals surface area (Å²) in [4.78, 5) is 0.244. The zero-order valence-corrected chi connectivity index (χ0v) is 25.4. The Labute approximate surface area is 223 Å². The Morgan fingerprint density at radius 1 is 0.897 bits per heavy atom. The SMILES string of the molecule is C=CCOc1c(Br)cc(C(C)(C)c2cc(Br)c(OCC(Br)CBr)c(Br)c2)cc1Br. The Hall–Kier alpha value is 0.660. The third-order valence-electron chi connectivity index (χ3n) is 4.36. The number of alkyl halides is 2. The lowest BCUT2D eigenvalue weighted by molar-refractivity contribution is 0.321. The molecular formula is C21H20Br6O2. The lowest BCUT2D eigenvalue weighted by Gasteiger charge is -2.28. The van der Waals surface area contributed by atoms with Crippen LogP contribution in [0.1, 0.15) is 25.0 Å². The van der Waals surface area contributed by atoms with Gasteiger partial charge in [0.15, 0.2) is 0 Å². The zero-order chi connectivity index (χ0) is 21.8. The van der Waals surface area contributed by atoms with E-state index >= 15 is 0 Å². The highest BCUT2D eigenvalue weighted by molar-refractivity contribution is 9.12. The number of benzene rings is 2. The molecular weight excluding hydrogens is 764 g/mol. The van der Waals surface area contributed by atoms with Crippen LogP contribution in [0.4, 0.5) is 0 Å². The van der Waals surface area contributed by atoms with Crippen LogP contribution in [0.25, 0.3) is 0 Å². The van der Waals surface area contributed by atoms with Crippen molar-refractivity contribution in [3.8, 4) is 11.5 Å².